The Morgan fingerprint density at radius 1 is 0.917 bits per heavy atom. The normalized spacial score (nSPS) is 12.1. The summed E-state index contributed by atoms with van der Waals surface area (Å²) in [6.07, 6.45) is 4.50. The van der Waals surface area contributed by atoms with Gasteiger partial charge in [-0.3, -0.25) is 0 Å². The minimum atomic E-state index is -3.55. The van der Waals surface area contributed by atoms with E-state index in [0.717, 1.165) is 11.8 Å². The maximum absolute atomic E-state index is 12.1. The molecular weight excluding hydrogens is 367 g/mol. The third-order valence-corrected chi connectivity index (χ3v) is 5.01. The van der Waals surface area contributed by atoms with Crippen LogP contribution in [0.5, 0.6) is 0 Å². The van der Waals surface area contributed by atoms with E-state index in [4.69, 9.17) is 23.2 Å². The van der Waals surface area contributed by atoms with E-state index in [-0.39, 0.29) is 10.7 Å². The van der Waals surface area contributed by atoms with Crippen molar-refractivity contribution < 1.29 is 8.42 Å². The summed E-state index contributed by atoms with van der Waals surface area (Å²) < 4.78 is 24.1. The van der Waals surface area contributed by atoms with Crippen molar-refractivity contribution >= 4 is 56.2 Å². The van der Waals surface area contributed by atoms with Crippen LogP contribution < -0.4 is 0 Å². The largest absolute Gasteiger partial charge is 0.244 e. The summed E-state index contributed by atoms with van der Waals surface area (Å²) in [4.78, 5) is 8.60. The predicted octanol–water partition coefficient (Wildman–Crippen LogP) is 4.51. The van der Waals surface area contributed by atoms with E-state index < -0.39 is 9.84 Å². The zero-order valence-electron chi connectivity index (χ0n) is 12.6. The number of rotatable bonds is 3. The first-order valence-electron chi connectivity index (χ1n) is 6.94. The van der Waals surface area contributed by atoms with Gasteiger partial charge in [-0.05, 0) is 23.8 Å². The number of benzene rings is 2. The first-order chi connectivity index (χ1) is 11.3. The fourth-order valence-electron chi connectivity index (χ4n) is 2.17. The number of sulfone groups is 1. The predicted molar refractivity (Wildman–Crippen MR) is 98.0 cm³/mol. The van der Waals surface area contributed by atoms with Crippen molar-refractivity contribution in [3.8, 4) is 0 Å². The molecule has 3 aromatic rings. The molecule has 0 aliphatic rings. The van der Waals surface area contributed by atoms with Crippen LogP contribution in [0.2, 0.25) is 10.0 Å². The van der Waals surface area contributed by atoms with Crippen molar-refractivity contribution in [1.82, 2.24) is 9.97 Å². The SMILES string of the molecule is CS(=O)(=O)c1nc2cc(Cl)c(Cl)cc2nc1C=Cc1ccccc1. The maximum Gasteiger partial charge on any atom is 0.194 e. The third kappa shape index (κ3) is 3.59. The van der Waals surface area contributed by atoms with Crippen molar-refractivity contribution in [3.05, 3.63) is 63.8 Å². The quantitative estimate of drug-likeness (QED) is 0.672. The van der Waals surface area contributed by atoms with Crippen LogP contribution in [-0.2, 0) is 9.84 Å². The molecule has 7 heteroatoms. The summed E-state index contributed by atoms with van der Waals surface area (Å²) in [6, 6.07) is 12.6. The summed E-state index contributed by atoms with van der Waals surface area (Å²) in [5.74, 6) is 0. The monoisotopic (exact) mass is 378 g/mol. The maximum atomic E-state index is 12.1. The molecule has 0 bridgehead atoms. The Kier molecular flexibility index (Phi) is 4.58. The molecule has 1 heterocycles. The van der Waals surface area contributed by atoms with E-state index in [9.17, 15) is 8.42 Å². The van der Waals surface area contributed by atoms with Gasteiger partial charge in [-0.15, -0.1) is 0 Å². The molecule has 0 amide bonds. The summed E-state index contributed by atoms with van der Waals surface area (Å²) in [7, 11) is -3.55. The summed E-state index contributed by atoms with van der Waals surface area (Å²) in [5, 5.41) is 0.537. The van der Waals surface area contributed by atoms with E-state index >= 15 is 0 Å². The van der Waals surface area contributed by atoms with Crippen molar-refractivity contribution in [2.24, 2.45) is 0 Å². The van der Waals surface area contributed by atoms with Gasteiger partial charge in [0.15, 0.2) is 14.9 Å². The smallest absolute Gasteiger partial charge is 0.194 e. The third-order valence-electron chi connectivity index (χ3n) is 3.28. The molecule has 2 aromatic carbocycles. The molecule has 4 nitrogen and oxygen atoms in total. The number of hydrogen-bond donors (Lipinski definition) is 0. The Morgan fingerprint density at radius 2 is 1.50 bits per heavy atom. The molecule has 0 atom stereocenters. The second kappa shape index (κ2) is 6.51. The molecule has 1 aromatic heterocycles. The van der Waals surface area contributed by atoms with Crippen LogP contribution in [0.3, 0.4) is 0 Å². The van der Waals surface area contributed by atoms with Crippen LogP contribution in [0, 0.1) is 0 Å². The lowest BCUT2D eigenvalue weighted by molar-refractivity contribution is 0.598. The zero-order chi connectivity index (χ0) is 17.3. The zero-order valence-corrected chi connectivity index (χ0v) is 14.9. The molecule has 0 aliphatic heterocycles. The molecule has 0 fully saturated rings. The molecule has 122 valence electrons. The first kappa shape index (κ1) is 16.9. The number of aromatic nitrogens is 2. The molecule has 0 radical (unpaired) electrons. The lowest BCUT2D eigenvalue weighted by Crippen LogP contribution is -2.06. The minimum absolute atomic E-state index is 0.0967. The Balaban J connectivity index is 2.21. The van der Waals surface area contributed by atoms with E-state index in [0.29, 0.717) is 21.1 Å². The van der Waals surface area contributed by atoms with Crippen LogP contribution in [-0.4, -0.2) is 24.6 Å². The molecule has 0 unspecified atom stereocenters. The molecule has 0 N–H and O–H groups in total. The molecular formula is C17H12Cl2N2O2S. The highest BCUT2D eigenvalue weighted by molar-refractivity contribution is 7.90. The van der Waals surface area contributed by atoms with Crippen LogP contribution in [0.15, 0.2) is 47.5 Å². The average Bonchev–Trinajstić information content (AvgIpc) is 2.53. The highest BCUT2D eigenvalue weighted by Crippen LogP contribution is 2.28. The van der Waals surface area contributed by atoms with Crippen molar-refractivity contribution in [2.45, 2.75) is 5.03 Å². The van der Waals surface area contributed by atoms with E-state index in [1.165, 1.54) is 6.07 Å². The van der Waals surface area contributed by atoms with Crippen molar-refractivity contribution in [3.63, 3.8) is 0 Å². The lowest BCUT2D eigenvalue weighted by Gasteiger charge is -2.06. The van der Waals surface area contributed by atoms with E-state index in [2.05, 4.69) is 9.97 Å². The van der Waals surface area contributed by atoms with E-state index in [1.54, 1.807) is 18.2 Å². The van der Waals surface area contributed by atoms with Gasteiger partial charge in [-0.25, -0.2) is 18.4 Å². The van der Waals surface area contributed by atoms with Gasteiger partial charge in [-0.2, -0.15) is 0 Å². The van der Waals surface area contributed by atoms with Gasteiger partial charge < -0.3 is 0 Å². The Hall–Kier alpha value is -1.95. The topological polar surface area (TPSA) is 59.9 Å². The number of fused-ring (bicyclic) bond motifs is 1. The Bertz CT molecular complexity index is 1050. The molecule has 0 aliphatic carbocycles. The summed E-state index contributed by atoms with van der Waals surface area (Å²) in [5.41, 5.74) is 2.03. The van der Waals surface area contributed by atoms with Crippen LogP contribution in [0.25, 0.3) is 23.2 Å². The summed E-state index contributed by atoms with van der Waals surface area (Å²) in [6.45, 7) is 0. The lowest BCUT2D eigenvalue weighted by atomic mass is 10.2. The van der Waals surface area contributed by atoms with Gasteiger partial charge >= 0.3 is 0 Å². The van der Waals surface area contributed by atoms with Gasteiger partial charge in [-0.1, -0.05) is 59.6 Å². The standard InChI is InChI=1S/C17H12Cl2N2O2S/c1-24(22,23)17-14(8-7-11-5-3-2-4-6-11)20-15-9-12(18)13(19)10-16(15)21-17/h2-10H,1H3. The number of halogens is 2. The molecule has 0 saturated heterocycles. The van der Waals surface area contributed by atoms with Crippen molar-refractivity contribution in [1.29, 1.82) is 0 Å². The number of nitrogens with zero attached hydrogens (tertiary/aromatic N) is 2. The molecule has 0 spiro atoms. The van der Waals surface area contributed by atoms with Crippen LogP contribution >= 0.6 is 23.2 Å². The Morgan fingerprint density at radius 3 is 2.08 bits per heavy atom. The van der Waals surface area contributed by atoms with Crippen molar-refractivity contribution in [2.75, 3.05) is 6.26 Å². The second-order valence-electron chi connectivity index (χ2n) is 5.19. The van der Waals surface area contributed by atoms with Crippen LogP contribution in [0.1, 0.15) is 11.3 Å². The van der Waals surface area contributed by atoms with Crippen LogP contribution in [0.4, 0.5) is 0 Å². The molecule has 24 heavy (non-hydrogen) atoms. The van der Waals surface area contributed by atoms with Gasteiger partial charge in [0.05, 0.1) is 21.1 Å². The highest BCUT2D eigenvalue weighted by Gasteiger charge is 2.17. The van der Waals surface area contributed by atoms with Gasteiger partial charge in [0, 0.05) is 6.26 Å². The number of hydrogen-bond acceptors (Lipinski definition) is 4. The fourth-order valence-corrected chi connectivity index (χ4v) is 3.24. The summed E-state index contributed by atoms with van der Waals surface area (Å²) >= 11 is 12.0. The molecule has 3 rings (SSSR count). The van der Waals surface area contributed by atoms with Gasteiger partial charge in [0.25, 0.3) is 0 Å². The van der Waals surface area contributed by atoms with Gasteiger partial charge in [0.1, 0.15) is 5.69 Å². The second-order valence-corrected chi connectivity index (χ2v) is 7.93. The highest BCUT2D eigenvalue weighted by atomic mass is 35.5. The average molecular weight is 379 g/mol. The first-order valence-corrected chi connectivity index (χ1v) is 9.59. The molecule has 0 saturated carbocycles. The van der Waals surface area contributed by atoms with E-state index in [1.807, 2.05) is 30.3 Å². The Labute approximate surface area is 149 Å². The fraction of sp³-hybridized carbons (Fsp3) is 0.0588. The minimum Gasteiger partial charge on any atom is -0.244 e. The van der Waals surface area contributed by atoms with Gasteiger partial charge in [0.2, 0.25) is 0 Å².